The van der Waals surface area contributed by atoms with Crippen molar-refractivity contribution in [1.29, 1.82) is 0 Å². The molecular weight excluding hydrogens is 414 g/mol. The minimum atomic E-state index is -3.16. The Kier molecular flexibility index (Phi) is 5.35. The Morgan fingerprint density at radius 2 is 1.84 bits per heavy atom. The third kappa shape index (κ3) is 4.33. The lowest BCUT2D eigenvalue weighted by atomic mass is 9.87. The van der Waals surface area contributed by atoms with Gasteiger partial charge in [0.1, 0.15) is 5.52 Å². The Morgan fingerprint density at radius 1 is 1.13 bits per heavy atom. The number of hydrogen-bond acceptors (Lipinski definition) is 6. The number of carbonyl (C=O) groups excluding carboxylic acids is 1. The first-order chi connectivity index (χ1) is 14.5. The Hall–Kier alpha value is -2.78. The van der Waals surface area contributed by atoms with Crippen molar-refractivity contribution in [3.05, 3.63) is 42.2 Å². The van der Waals surface area contributed by atoms with Crippen molar-refractivity contribution in [2.24, 2.45) is 5.41 Å². The number of rotatable bonds is 4. The molecule has 0 bridgehead atoms. The minimum Gasteiger partial charge on any atom is -0.369 e. The third-order valence-electron chi connectivity index (χ3n) is 5.52. The molecule has 9 heteroatoms. The molecule has 0 saturated carbocycles. The summed E-state index contributed by atoms with van der Waals surface area (Å²) in [6.07, 6.45) is 4.63. The van der Waals surface area contributed by atoms with Crippen molar-refractivity contribution in [2.75, 3.05) is 37.3 Å². The SMILES string of the molecule is CC(C)(C)C(=O)c1c[nH]c2ncc(-c3cccc(N4CCN(S(C)(=O)=O)CC4)c3)nc12. The fourth-order valence-corrected chi connectivity index (χ4v) is 4.57. The molecule has 8 nitrogen and oxygen atoms in total. The number of piperazine rings is 1. The minimum absolute atomic E-state index is 0.0164. The highest BCUT2D eigenvalue weighted by Gasteiger charge is 2.27. The van der Waals surface area contributed by atoms with Crippen molar-refractivity contribution < 1.29 is 13.2 Å². The van der Waals surface area contributed by atoms with Crippen LogP contribution in [0.1, 0.15) is 31.1 Å². The Bertz CT molecular complexity index is 1240. The maximum Gasteiger partial charge on any atom is 0.211 e. The second-order valence-electron chi connectivity index (χ2n) is 8.93. The van der Waals surface area contributed by atoms with Crippen LogP contribution in [0.2, 0.25) is 0 Å². The van der Waals surface area contributed by atoms with Crippen LogP contribution in [0.3, 0.4) is 0 Å². The van der Waals surface area contributed by atoms with Crippen LogP contribution in [0.15, 0.2) is 36.7 Å². The molecule has 31 heavy (non-hydrogen) atoms. The van der Waals surface area contributed by atoms with Crippen LogP contribution in [0.25, 0.3) is 22.4 Å². The maximum atomic E-state index is 12.8. The van der Waals surface area contributed by atoms with Gasteiger partial charge >= 0.3 is 0 Å². The van der Waals surface area contributed by atoms with E-state index in [4.69, 9.17) is 4.98 Å². The maximum absolute atomic E-state index is 12.8. The highest BCUT2D eigenvalue weighted by atomic mass is 32.2. The zero-order valence-corrected chi connectivity index (χ0v) is 19.0. The van der Waals surface area contributed by atoms with Crippen molar-refractivity contribution in [3.63, 3.8) is 0 Å². The third-order valence-corrected chi connectivity index (χ3v) is 6.82. The molecule has 1 aliphatic rings. The zero-order valence-electron chi connectivity index (χ0n) is 18.2. The van der Waals surface area contributed by atoms with Crippen LogP contribution >= 0.6 is 0 Å². The summed E-state index contributed by atoms with van der Waals surface area (Å²) in [4.78, 5) is 27.2. The molecule has 3 heterocycles. The van der Waals surface area contributed by atoms with E-state index in [1.165, 1.54) is 10.6 Å². The molecule has 0 amide bonds. The van der Waals surface area contributed by atoms with E-state index in [2.05, 4.69) is 14.9 Å². The monoisotopic (exact) mass is 441 g/mol. The van der Waals surface area contributed by atoms with E-state index in [-0.39, 0.29) is 5.78 Å². The topological polar surface area (TPSA) is 99.3 Å². The van der Waals surface area contributed by atoms with Gasteiger partial charge in [-0.25, -0.2) is 18.4 Å². The largest absolute Gasteiger partial charge is 0.369 e. The van der Waals surface area contributed by atoms with Crippen molar-refractivity contribution >= 4 is 32.7 Å². The molecule has 4 rings (SSSR count). The van der Waals surface area contributed by atoms with Crippen molar-refractivity contribution in [3.8, 4) is 11.3 Å². The van der Waals surface area contributed by atoms with Gasteiger partial charge in [0.25, 0.3) is 0 Å². The summed E-state index contributed by atoms with van der Waals surface area (Å²) in [5, 5.41) is 0. The number of H-pyrrole nitrogens is 1. The van der Waals surface area contributed by atoms with E-state index < -0.39 is 15.4 Å². The van der Waals surface area contributed by atoms with Crippen LogP contribution in [-0.4, -0.2) is 65.9 Å². The van der Waals surface area contributed by atoms with E-state index in [9.17, 15) is 13.2 Å². The normalized spacial score (nSPS) is 16.1. The predicted octanol–water partition coefficient (Wildman–Crippen LogP) is 2.94. The van der Waals surface area contributed by atoms with Gasteiger partial charge in [-0.1, -0.05) is 32.9 Å². The molecule has 1 saturated heterocycles. The Morgan fingerprint density at radius 3 is 2.48 bits per heavy atom. The summed E-state index contributed by atoms with van der Waals surface area (Å²) in [5.41, 5.74) is 3.78. The van der Waals surface area contributed by atoms with E-state index in [0.717, 1.165) is 11.3 Å². The number of fused-ring (bicyclic) bond motifs is 1. The lowest BCUT2D eigenvalue weighted by Gasteiger charge is -2.34. The molecular formula is C22H27N5O3S. The van der Waals surface area contributed by atoms with Crippen LogP contribution in [-0.2, 0) is 10.0 Å². The molecule has 1 aromatic carbocycles. The number of nitrogens with one attached hydrogen (secondary N) is 1. The number of hydrogen-bond donors (Lipinski definition) is 1. The molecule has 0 radical (unpaired) electrons. The molecule has 2 aromatic heterocycles. The number of aromatic amines is 1. The number of carbonyl (C=O) groups is 1. The van der Waals surface area contributed by atoms with Crippen LogP contribution in [0.5, 0.6) is 0 Å². The first kappa shape index (κ1) is 21.5. The van der Waals surface area contributed by atoms with Gasteiger partial charge in [-0.2, -0.15) is 4.31 Å². The number of anilines is 1. The van der Waals surface area contributed by atoms with E-state index in [1.54, 1.807) is 12.4 Å². The van der Waals surface area contributed by atoms with E-state index >= 15 is 0 Å². The van der Waals surface area contributed by atoms with E-state index in [0.29, 0.717) is 48.6 Å². The number of sulfonamides is 1. The zero-order chi connectivity index (χ0) is 22.4. The number of Topliss-reactive ketones (excluding diaryl/α,β-unsaturated/α-hetero) is 1. The highest BCUT2D eigenvalue weighted by molar-refractivity contribution is 7.88. The number of aromatic nitrogens is 3. The lowest BCUT2D eigenvalue weighted by Crippen LogP contribution is -2.48. The van der Waals surface area contributed by atoms with Gasteiger partial charge in [-0.15, -0.1) is 0 Å². The van der Waals surface area contributed by atoms with Crippen LogP contribution in [0.4, 0.5) is 5.69 Å². The molecule has 3 aromatic rings. The van der Waals surface area contributed by atoms with Gasteiger partial charge in [0, 0.05) is 49.0 Å². The first-order valence-corrected chi connectivity index (χ1v) is 12.1. The summed E-state index contributed by atoms with van der Waals surface area (Å²) < 4.78 is 25.0. The molecule has 1 N–H and O–H groups in total. The number of nitrogens with zero attached hydrogens (tertiary/aromatic N) is 4. The van der Waals surface area contributed by atoms with Gasteiger partial charge in [-0.05, 0) is 12.1 Å². The summed E-state index contributed by atoms with van der Waals surface area (Å²) in [7, 11) is -3.16. The smallest absolute Gasteiger partial charge is 0.211 e. The van der Waals surface area contributed by atoms with E-state index in [1.807, 2.05) is 45.0 Å². The second-order valence-corrected chi connectivity index (χ2v) is 10.9. The van der Waals surface area contributed by atoms with Gasteiger partial charge in [0.05, 0.1) is 23.7 Å². The van der Waals surface area contributed by atoms with Crippen molar-refractivity contribution in [1.82, 2.24) is 19.3 Å². The molecule has 0 spiro atoms. The number of ketones is 1. The fourth-order valence-electron chi connectivity index (χ4n) is 3.75. The standard InChI is InChI=1S/C22H27N5O3S/c1-22(2,3)20(28)17-13-23-21-19(17)25-18(14-24-21)15-6-5-7-16(12-15)26-8-10-27(11-9-26)31(4,29)30/h5-7,12-14H,8-11H2,1-4H3,(H,23,24). The molecule has 0 unspecified atom stereocenters. The van der Waals surface area contributed by atoms with Gasteiger partial charge in [0.2, 0.25) is 10.0 Å². The number of benzene rings is 1. The fraction of sp³-hybridized carbons (Fsp3) is 0.409. The summed E-state index contributed by atoms with van der Waals surface area (Å²) in [6.45, 7) is 7.86. The highest BCUT2D eigenvalue weighted by Crippen LogP contribution is 2.28. The first-order valence-electron chi connectivity index (χ1n) is 10.2. The quantitative estimate of drug-likeness (QED) is 0.625. The second kappa shape index (κ2) is 7.72. The predicted molar refractivity (Wildman–Crippen MR) is 122 cm³/mol. The average Bonchev–Trinajstić information content (AvgIpc) is 3.15. The van der Waals surface area contributed by atoms with Crippen LogP contribution < -0.4 is 4.90 Å². The van der Waals surface area contributed by atoms with Gasteiger partial charge in [-0.3, -0.25) is 4.79 Å². The molecule has 164 valence electrons. The average molecular weight is 442 g/mol. The molecule has 1 fully saturated rings. The van der Waals surface area contributed by atoms with Gasteiger partial charge in [0.15, 0.2) is 11.4 Å². The summed E-state index contributed by atoms with van der Waals surface area (Å²) >= 11 is 0. The molecule has 0 atom stereocenters. The van der Waals surface area contributed by atoms with Crippen LogP contribution in [0, 0.1) is 5.41 Å². The summed E-state index contributed by atoms with van der Waals surface area (Å²) in [5.74, 6) is 0.0164. The Labute approximate surface area is 182 Å². The molecule has 1 aliphatic heterocycles. The lowest BCUT2D eigenvalue weighted by molar-refractivity contribution is 0.0860. The molecule has 0 aliphatic carbocycles. The van der Waals surface area contributed by atoms with Gasteiger partial charge < -0.3 is 9.88 Å². The van der Waals surface area contributed by atoms with Crippen molar-refractivity contribution in [2.45, 2.75) is 20.8 Å². The Balaban J connectivity index is 1.63. The summed E-state index contributed by atoms with van der Waals surface area (Å²) in [6, 6.07) is 7.96.